The number of carbonyl (C=O) groups is 2. The highest BCUT2D eigenvalue weighted by molar-refractivity contribution is 5.96. The molecular weight excluding hydrogens is 330 g/mol. The Morgan fingerprint density at radius 1 is 1.15 bits per heavy atom. The van der Waals surface area contributed by atoms with E-state index in [1.165, 1.54) is 0 Å². The Bertz CT molecular complexity index is 758. The molecule has 0 unspecified atom stereocenters. The van der Waals surface area contributed by atoms with Gasteiger partial charge in [0.1, 0.15) is 11.4 Å². The van der Waals surface area contributed by atoms with Crippen molar-refractivity contribution in [2.75, 3.05) is 24.6 Å². The second-order valence-corrected chi connectivity index (χ2v) is 6.34. The fraction of sp³-hybridized carbons (Fsp3) is 0.350. The van der Waals surface area contributed by atoms with Gasteiger partial charge in [-0.1, -0.05) is 30.3 Å². The molecule has 1 saturated heterocycles. The van der Waals surface area contributed by atoms with Crippen molar-refractivity contribution in [3.8, 4) is 0 Å². The lowest BCUT2D eigenvalue weighted by Gasteiger charge is -2.19. The van der Waals surface area contributed by atoms with Crippen LogP contribution in [0, 0.1) is 0 Å². The van der Waals surface area contributed by atoms with Crippen LogP contribution in [0.15, 0.2) is 48.7 Å². The molecule has 2 heterocycles. The van der Waals surface area contributed by atoms with E-state index in [1.807, 2.05) is 37.3 Å². The fourth-order valence-corrected chi connectivity index (χ4v) is 3.05. The van der Waals surface area contributed by atoms with Crippen LogP contribution in [0.25, 0.3) is 0 Å². The van der Waals surface area contributed by atoms with Crippen LogP contribution in [0.3, 0.4) is 0 Å². The minimum atomic E-state index is -0.525. The molecule has 26 heavy (non-hydrogen) atoms. The van der Waals surface area contributed by atoms with E-state index in [2.05, 4.69) is 15.2 Å². The molecule has 0 radical (unpaired) electrons. The van der Waals surface area contributed by atoms with Crippen LogP contribution in [-0.2, 0) is 9.53 Å². The molecule has 1 aromatic heterocycles. The van der Waals surface area contributed by atoms with Gasteiger partial charge in [0.2, 0.25) is 0 Å². The Morgan fingerprint density at radius 2 is 1.88 bits per heavy atom. The number of benzene rings is 1. The molecule has 1 N–H and O–H groups in total. The maximum atomic E-state index is 12.4. The van der Waals surface area contributed by atoms with Crippen molar-refractivity contribution >= 4 is 17.7 Å². The normalized spacial score (nSPS) is 14.7. The average molecular weight is 353 g/mol. The maximum Gasteiger partial charge on any atom is 0.342 e. The standard InChI is InChI=1S/C20H23N3O3/c1-15(16-8-3-2-4-9-16)22-18(24)14-26-20(25)17-10-7-11-21-19(17)23-12-5-6-13-23/h2-4,7-11,15H,5-6,12-14H2,1H3,(H,22,24)/t15-/m0/s1. The Hall–Kier alpha value is -2.89. The first kappa shape index (κ1) is 17.9. The van der Waals surface area contributed by atoms with Gasteiger partial charge < -0.3 is 15.0 Å². The van der Waals surface area contributed by atoms with Crippen molar-refractivity contribution in [1.82, 2.24) is 10.3 Å². The molecule has 1 aromatic carbocycles. The largest absolute Gasteiger partial charge is 0.452 e. The maximum absolute atomic E-state index is 12.4. The van der Waals surface area contributed by atoms with Crippen LogP contribution < -0.4 is 10.2 Å². The monoisotopic (exact) mass is 353 g/mol. The molecule has 0 saturated carbocycles. The first-order chi connectivity index (χ1) is 12.6. The highest BCUT2D eigenvalue weighted by Crippen LogP contribution is 2.22. The third kappa shape index (κ3) is 4.39. The Balaban J connectivity index is 1.56. The van der Waals surface area contributed by atoms with Gasteiger partial charge in [0.05, 0.1) is 6.04 Å². The predicted molar refractivity (Wildman–Crippen MR) is 99.0 cm³/mol. The molecule has 2 aromatic rings. The second-order valence-electron chi connectivity index (χ2n) is 6.34. The molecule has 0 bridgehead atoms. The van der Waals surface area contributed by atoms with E-state index in [9.17, 15) is 9.59 Å². The van der Waals surface area contributed by atoms with Gasteiger partial charge >= 0.3 is 5.97 Å². The molecule has 1 fully saturated rings. The number of ether oxygens (including phenoxy) is 1. The highest BCUT2D eigenvalue weighted by atomic mass is 16.5. The first-order valence-electron chi connectivity index (χ1n) is 8.86. The number of nitrogens with one attached hydrogen (secondary N) is 1. The van der Waals surface area contributed by atoms with E-state index in [4.69, 9.17) is 4.74 Å². The molecular formula is C20H23N3O3. The van der Waals surface area contributed by atoms with Crippen molar-refractivity contribution in [1.29, 1.82) is 0 Å². The smallest absolute Gasteiger partial charge is 0.342 e. The topological polar surface area (TPSA) is 71.5 Å². The van der Waals surface area contributed by atoms with Gasteiger partial charge in [-0.15, -0.1) is 0 Å². The summed E-state index contributed by atoms with van der Waals surface area (Å²) in [4.78, 5) is 30.9. The van der Waals surface area contributed by atoms with Crippen molar-refractivity contribution in [2.45, 2.75) is 25.8 Å². The number of nitrogens with zero attached hydrogens (tertiary/aromatic N) is 2. The van der Waals surface area contributed by atoms with E-state index in [0.29, 0.717) is 11.4 Å². The molecule has 6 heteroatoms. The summed E-state index contributed by atoms with van der Waals surface area (Å²) in [6.45, 7) is 3.34. The highest BCUT2D eigenvalue weighted by Gasteiger charge is 2.22. The summed E-state index contributed by atoms with van der Waals surface area (Å²) in [5.74, 6) is -0.225. The Morgan fingerprint density at radius 3 is 2.62 bits per heavy atom. The first-order valence-corrected chi connectivity index (χ1v) is 8.86. The molecule has 136 valence electrons. The van der Waals surface area contributed by atoms with Crippen molar-refractivity contribution in [3.05, 3.63) is 59.8 Å². The van der Waals surface area contributed by atoms with Gasteiger partial charge in [-0.05, 0) is 37.5 Å². The van der Waals surface area contributed by atoms with E-state index in [-0.39, 0.29) is 18.6 Å². The second kappa shape index (κ2) is 8.47. The van der Waals surface area contributed by atoms with E-state index in [0.717, 1.165) is 31.5 Å². The quantitative estimate of drug-likeness (QED) is 0.809. The predicted octanol–water partition coefficient (Wildman–Crippen LogP) is 2.72. The van der Waals surface area contributed by atoms with Crippen molar-refractivity contribution < 1.29 is 14.3 Å². The van der Waals surface area contributed by atoms with Crippen LogP contribution in [-0.4, -0.2) is 36.6 Å². The number of carbonyl (C=O) groups excluding carboxylic acids is 2. The summed E-state index contributed by atoms with van der Waals surface area (Å²) in [5.41, 5.74) is 1.40. The number of amides is 1. The number of esters is 1. The number of hydrogen-bond donors (Lipinski definition) is 1. The lowest BCUT2D eigenvalue weighted by atomic mass is 10.1. The summed E-state index contributed by atoms with van der Waals surface area (Å²) in [5, 5.41) is 2.83. The minimum absolute atomic E-state index is 0.152. The van der Waals surface area contributed by atoms with E-state index < -0.39 is 5.97 Å². The van der Waals surface area contributed by atoms with Gasteiger partial charge in [-0.3, -0.25) is 4.79 Å². The molecule has 0 spiro atoms. The Labute approximate surface area is 153 Å². The zero-order valence-corrected chi connectivity index (χ0v) is 14.9. The summed E-state index contributed by atoms with van der Waals surface area (Å²) in [6, 6.07) is 12.9. The van der Waals surface area contributed by atoms with Gasteiger partial charge in [-0.25, -0.2) is 9.78 Å². The van der Waals surface area contributed by atoms with Crippen LogP contribution in [0.5, 0.6) is 0 Å². The lowest BCUT2D eigenvalue weighted by Crippen LogP contribution is -2.31. The SMILES string of the molecule is C[C@H](NC(=O)COC(=O)c1cccnc1N1CCCC1)c1ccccc1. The lowest BCUT2D eigenvalue weighted by molar-refractivity contribution is -0.124. The molecule has 1 amide bonds. The van der Waals surface area contributed by atoms with Crippen molar-refractivity contribution in [2.24, 2.45) is 0 Å². The summed E-state index contributed by atoms with van der Waals surface area (Å²) >= 11 is 0. The van der Waals surface area contributed by atoms with Crippen LogP contribution in [0.4, 0.5) is 5.82 Å². The Kier molecular flexibility index (Phi) is 5.84. The molecule has 1 atom stereocenters. The molecule has 6 nitrogen and oxygen atoms in total. The van der Waals surface area contributed by atoms with Crippen LogP contribution in [0.2, 0.25) is 0 Å². The number of anilines is 1. The molecule has 3 rings (SSSR count). The third-order valence-electron chi connectivity index (χ3n) is 4.42. The molecule has 1 aliphatic heterocycles. The van der Waals surface area contributed by atoms with Crippen LogP contribution in [0.1, 0.15) is 41.7 Å². The zero-order valence-electron chi connectivity index (χ0n) is 14.9. The summed E-state index contributed by atoms with van der Waals surface area (Å²) < 4.78 is 5.21. The van der Waals surface area contributed by atoms with Gasteiger partial charge in [0.15, 0.2) is 6.61 Å². The molecule has 1 aliphatic rings. The van der Waals surface area contributed by atoms with Gasteiger partial charge in [-0.2, -0.15) is 0 Å². The van der Waals surface area contributed by atoms with Gasteiger partial charge in [0.25, 0.3) is 5.91 Å². The van der Waals surface area contributed by atoms with E-state index in [1.54, 1.807) is 18.3 Å². The van der Waals surface area contributed by atoms with Crippen molar-refractivity contribution in [3.63, 3.8) is 0 Å². The van der Waals surface area contributed by atoms with Gasteiger partial charge in [0, 0.05) is 19.3 Å². The summed E-state index contributed by atoms with van der Waals surface area (Å²) in [7, 11) is 0. The van der Waals surface area contributed by atoms with Crippen LogP contribution >= 0.6 is 0 Å². The zero-order chi connectivity index (χ0) is 18.4. The third-order valence-corrected chi connectivity index (χ3v) is 4.42. The average Bonchev–Trinajstić information content (AvgIpc) is 3.21. The van der Waals surface area contributed by atoms with E-state index >= 15 is 0 Å². The molecule has 0 aliphatic carbocycles. The number of rotatable bonds is 6. The number of aromatic nitrogens is 1. The number of hydrogen-bond acceptors (Lipinski definition) is 5. The minimum Gasteiger partial charge on any atom is -0.452 e. The fourth-order valence-electron chi connectivity index (χ4n) is 3.05. The number of pyridine rings is 1. The summed E-state index contributed by atoms with van der Waals surface area (Å²) in [6.07, 6.45) is 3.84.